The van der Waals surface area contributed by atoms with Crippen molar-refractivity contribution in [2.24, 2.45) is 0 Å². The van der Waals surface area contributed by atoms with E-state index in [0.717, 1.165) is 25.1 Å². The van der Waals surface area contributed by atoms with E-state index in [2.05, 4.69) is 59.0 Å². The van der Waals surface area contributed by atoms with Crippen molar-refractivity contribution in [1.29, 1.82) is 0 Å². The first-order chi connectivity index (χ1) is 9.81. The van der Waals surface area contributed by atoms with Crippen LogP contribution in [0.1, 0.15) is 50.3 Å². The quantitative estimate of drug-likeness (QED) is 0.770. The molecule has 2 N–H and O–H groups in total. The molecule has 120 valence electrons. The minimum Gasteiger partial charge on any atom is -0.490 e. The largest absolute Gasteiger partial charge is 0.490 e. The van der Waals surface area contributed by atoms with Crippen LogP contribution in [0.15, 0.2) is 12.1 Å². The second-order valence-electron chi connectivity index (χ2n) is 6.48. The van der Waals surface area contributed by atoms with Crippen LogP contribution in [0.2, 0.25) is 0 Å². The van der Waals surface area contributed by atoms with E-state index in [4.69, 9.17) is 4.74 Å². The maximum absolute atomic E-state index is 9.65. The van der Waals surface area contributed by atoms with Crippen LogP contribution < -0.4 is 10.1 Å². The number of nitrogens with one attached hydrogen (secondary N) is 1. The van der Waals surface area contributed by atoms with Crippen LogP contribution in [0.3, 0.4) is 0 Å². The summed E-state index contributed by atoms with van der Waals surface area (Å²) in [5.41, 5.74) is 3.38. The minimum absolute atomic E-state index is 0.0476. The van der Waals surface area contributed by atoms with E-state index in [1.54, 1.807) is 0 Å². The Balaban J connectivity index is 2.74. The summed E-state index contributed by atoms with van der Waals surface area (Å²) in [6.45, 7) is 13.6. The highest BCUT2D eigenvalue weighted by molar-refractivity contribution is 5.42. The Kier molecular flexibility index (Phi) is 6.69. The predicted octanol–water partition coefficient (Wildman–Crippen LogP) is 3.52. The molecule has 0 spiro atoms. The molecular weight excluding hydrogens is 262 g/mol. The molecule has 0 radical (unpaired) electrons. The second kappa shape index (κ2) is 7.81. The van der Waals surface area contributed by atoms with Crippen LogP contribution in [-0.2, 0) is 0 Å². The number of hydrogen-bond donors (Lipinski definition) is 2. The van der Waals surface area contributed by atoms with Gasteiger partial charge in [0.2, 0.25) is 0 Å². The lowest BCUT2D eigenvalue weighted by Crippen LogP contribution is -2.48. The van der Waals surface area contributed by atoms with Gasteiger partial charge >= 0.3 is 0 Å². The summed E-state index contributed by atoms with van der Waals surface area (Å²) in [5.74, 6) is 0.954. The molecule has 2 unspecified atom stereocenters. The summed E-state index contributed by atoms with van der Waals surface area (Å²) >= 11 is 0. The molecule has 0 aromatic heterocycles. The summed E-state index contributed by atoms with van der Waals surface area (Å²) < 4.78 is 6.13. The van der Waals surface area contributed by atoms with Gasteiger partial charge in [0.05, 0.1) is 12.7 Å². The van der Waals surface area contributed by atoms with Gasteiger partial charge < -0.3 is 15.2 Å². The predicted molar refractivity (Wildman–Crippen MR) is 89.1 cm³/mol. The summed E-state index contributed by atoms with van der Waals surface area (Å²) in [4.78, 5) is 0. The Morgan fingerprint density at radius 1 is 1.29 bits per heavy atom. The monoisotopic (exact) mass is 293 g/mol. The average molecular weight is 293 g/mol. The zero-order chi connectivity index (χ0) is 16.0. The summed E-state index contributed by atoms with van der Waals surface area (Å²) in [6, 6.07) is 4.27. The van der Waals surface area contributed by atoms with Gasteiger partial charge in [-0.25, -0.2) is 0 Å². The van der Waals surface area contributed by atoms with E-state index < -0.39 is 0 Å². The van der Waals surface area contributed by atoms with Gasteiger partial charge in [-0.15, -0.1) is 0 Å². The fraction of sp³-hybridized carbons (Fsp3) is 0.667. The maximum Gasteiger partial charge on any atom is 0.123 e. The number of hydrogen-bond acceptors (Lipinski definition) is 3. The molecule has 0 amide bonds. The third kappa shape index (κ3) is 5.33. The molecule has 1 rings (SSSR count). The van der Waals surface area contributed by atoms with Crippen molar-refractivity contribution in [1.82, 2.24) is 5.32 Å². The number of aliphatic hydroxyl groups is 1. The van der Waals surface area contributed by atoms with Crippen molar-refractivity contribution in [2.45, 2.75) is 66.0 Å². The van der Waals surface area contributed by atoms with Gasteiger partial charge in [-0.2, -0.15) is 0 Å². The van der Waals surface area contributed by atoms with Gasteiger partial charge in [-0.3, -0.25) is 0 Å². The van der Waals surface area contributed by atoms with Crippen LogP contribution in [-0.4, -0.2) is 29.9 Å². The fourth-order valence-electron chi connectivity index (χ4n) is 2.64. The number of ether oxygens (including phenoxy) is 1. The number of aliphatic hydroxyl groups excluding tert-OH is 1. The van der Waals surface area contributed by atoms with Crippen LogP contribution >= 0.6 is 0 Å². The molecule has 0 saturated heterocycles. The van der Waals surface area contributed by atoms with Crippen molar-refractivity contribution in [3.63, 3.8) is 0 Å². The highest BCUT2D eigenvalue weighted by Gasteiger charge is 2.26. The fourth-order valence-corrected chi connectivity index (χ4v) is 2.64. The van der Waals surface area contributed by atoms with Crippen molar-refractivity contribution < 1.29 is 9.84 Å². The van der Waals surface area contributed by atoms with Gasteiger partial charge in [0.25, 0.3) is 0 Å². The zero-order valence-corrected chi connectivity index (χ0v) is 14.4. The van der Waals surface area contributed by atoms with Crippen molar-refractivity contribution >= 4 is 0 Å². The van der Waals surface area contributed by atoms with Crippen molar-refractivity contribution in [2.75, 3.05) is 13.2 Å². The van der Waals surface area contributed by atoms with Gasteiger partial charge in [-0.1, -0.05) is 13.0 Å². The molecule has 21 heavy (non-hydrogen) atoms. The Labute approximate surface area is 129 Å². The lowest BCUT2D eigenvalue weighted by Gasteiger charge is -2.32. The number of benzene rings is 1. The molecule has 3 heteroatoms. The van der Waals surface area contributed by atoms with E-state index in [1.165, 1.54) is 16.7 Å². The van der Waals surface area contributed by atoms with E-state index in [9.17, 15) is 5.11 Å². The van der Waals surface area contributed by atoms with Crippen LogP contribution in [0, 0.1) is 20.8 Å². The van der Waals surface area contributed by atoms with Gasteiger partial charge in [0.1, 0.15) is 5.75 Å². The first-order valence-corrected chi connectivity index (χ1v) is 7.91. The molecule has 3 nitrogen and oxygen atoms in total. The van der Waals surface area contributed by atoms with E-state index >= 15 is 0 Å². The Morgan fingerprint density at radius 2 is 1.95 bits per heavy atom. The lowest BCUT2D eigenvalue weighted by atomic mass is 9.95. The van der Waals surface area contributed by atoms with Gasteiger partial charge in [0.15, 0.2) is 0 Å². The molecule has 1 aromatic carbocycles. The number of aryl methyl sites for hydroxylation is 2. The van der Waals surface area contributed by atoms with Crippen LogP contribution in [0.4, 0.5) is 0 Å². The summed E-state index contributed by atoms with van der Waals surface area (Å²) in [6.07, 6.45) is 1.88. The molecular formula is C18H31NO2. The first-order valence-electron chi connectivity index (χ1n) is 7.91. The van der Waals surface area contributed by atoms with Crippen molar-refractivity contribution in [3.05, 3.63) is 28.8 Å². The Morgan fingerprint density at radius 3 is 2.52 bits per heavy atom. The third-order valence-electron chi connectivity index (χ3n) is 3.98. The molecule has 0 saturated carbocycles. The van der Waals surface area contributed by atoms with E-state index in [-0.39, 0.29) is 18.2 Å². The molecule has 2 atom stereocenters. The molecule has 0 heterocycles. The van der Waals surface area contributed by atoms with Gasteiger partial charge in [0, 0.05) is 12.0 Å². The van der Waals surface area contributed by atoms with Crippen LogP contribution in [0.5, 0.6) is 5.75 Å². The normalized spacial score (nSPS) is 15.6. The first kappa shape index (κ1) is 18.0. The average Bonchev–Trinajstić information content (AvgIpc) is 2.42. The molecule has 0 aliphatic rings. The molecule has 1 aromatic rings. The Hall–Kier alpha value is -1.06. The van der Waals surface area contributed by atoms with Crippen LogP contribution in [0.25, 0.3) is 0 Å². The number of rotatable bonds is 8. The summed E-state index contributed by atoms with van der Waals surface area (Å²) in [7, 11) is 0. The minimum atomic E-state index is -0.289. The smallest absolute Gasteiger partial charge is 0.123 e. The topological polar surface area (TPSA) is 41.5 Å². The summed E-state index contributed by atoms with van der Waals surface area (Å²) in [5, 5.41) is 13.1. The molecule has 0 bridgehead atoms. The van der Waals surface area contributed by atoms with Crippen molar-refractivity contribution in [3.8, 4) is 5.75 Å². The van der Waals surface area contributed by atoms with E-state index in [1.807, 2.05) is 0 Å². The second-order valence-corrected chi connectivity index (χ2v) is 6.48. The SMILES string of the molecule is CCCNC(C)(CO)CC(C)Oc1cc(C)cc(C)c1C. The molecule has 0 aliphatic carbocycles. The highest BCUT2D eigenvalue weighted by Crippen LogP contribution is 2.26. The lowest BCUT2D eigenvalue weighted by molar-refractivity contribution is 0.109. The Bertz CT molecular complexity index is 459. The van der Waals surface area contributed by atoms with Gasteiger partial charge in [-0.05, 0) is 70.3 Å². The maximum atomic E-state index is 9.65. The van der Waals surface area contributed by atoms with E-state index in [0.29, 0.717) is 0 Å². The highest BCUT2D eigenvalue weighted by atomic mass is 16.5. The zero-order valence-electron chi connectivity index (χ0n) is 14.4. The molecule has 0 fully saturated rings. The standard InChI is InChI=1S/C18H31NO2/c1-7-8-19-18(6,12-20)11-15(4)21-17-10-13(2)9-14(3)16(17)5/h9-10,15,19-20H,7-8,11-12H2,1-6H3. The molecule has 0 aliphatic heterocycles. The third-order valence-corrected chi connectivity index (χ3v) is 3.98.